The van der Waals surface area contributed by atoms with Crippen LogP contribution in [-0.4, -0.2) is 51.5 Å². The zero-order valence-corrected chi connectivity index (χ0v) is 12.4. The van der Waals surface area contributed by atoms with Crippen molar-refractivity contribution in [2.45, 2.75) is 12.5 Å². The van der Waals surface area contributed by atoms with E-state index in [9.17, 15) is 0 Å². The number of nitrogens with one attached hydrogen (secondary N) is 1. The highest BCUT2D eigenvalue weighted by atomic mass is 35.5. The number of piperazine rings is 1. The molecule has 0 aliphatic carbocycles. The van der Waals surface area contributed by atoms with Gasteiger partial charge in [-0.15, -0.1) is 12.4 Å². The first kappa shape index (κ1) is 15.0. The third-order valence-corrected chi connectivity index (χ3v) is 3.41. The van der Waals surface area contributed by atoms with E-state index in [1.54, 1.807) is 4.68 Å². The van der Waals surface area contributed by atoms with Crippen LogP contribution in [0, 0.1) is 0 Å². The van der Waals surface area contributed by atoms with Crippen molar-refractivity contribution in [1.82, 2.24) is 30.1 Å². The smallest absolute Gasteiger partial charge is 0.231 e. The topological polar surface area (TPSA) is 72.0 Å². The largest absolute Gasteiger partial charge is 0.339 e. The summed E-state index contributed by atoms with van der Waals surface area (Å²) in [5.41, 5.74) is 1.08. The summed E-state index contributed by atoms with van der Waals surface area (Å²) < 4.78 is 7.10. The van der Waals surface area contributed by atoms with E-state index in [4.69, 9.17) is 4.52 Å². The molecule has 0 amide bonds. The molecule has 0 radical (unpaired) electrons. The second kappa shape index (κ2) is 6.34. The lowest BCUT2D eigenvalue weighted by molar-refractivity contribution is 0.190. The zero-order chi connectivity index (χ0) is 13.2. The summed E-state index contributed by atoms with van der Waals surface area (Å²) in [5.74, 6) is 1.40. The van der Waals surface area contributed by atoms with E-state index < -0.39 is 0 Å². The summed E-state index contributed by atoms with van der Waals surface area (Å²) >= 11 is 0. The normalized spacial score (nSPS) is 19.8. The molecular formula is C12H19ClN6O. The molecule has 7 nitrogen and oxygen atoms in total. The van der Waals surface area contributed by atoms with Crippen molar-refractivity contribution in [3.8, 4) is 0 Å². The molecule has 2 aromatic rings. The highest BCUT2D eigenvalue weighted by Gasteiger charge is 2.25. The van der Waals surface area contributed by atoms with Crippen LogP contribution < -0.4 is 5.32 Å². The molecule has 1 aliphatic heterocycles. The highest BCUT2D eigenvalue weighted by Crippen LogP contribution is 2.18. The van der Waals surface area contributed by atoms with Crippen LogP contribution in [0.5, 0.6) is 0 Å². The van der Waals surface area contributed by atoms with Gasteiger partial charge in [-0.05, 0) is 12.6 Å². The molecule has 1 unspecified atom stereocenters. The molecule has 0 spiro atoms. The van der Waals surface area contributed by atoms with Crippen LogP contribution >= 0.6 is 12.4 Å². The van der Waals surface area contributed by atoms with Gasteiger partial charge < -0.3 is 9.84 Å². The standard InChI is InChI=1S/C12H18N6O.ClH/c1-17-4-3-13-7-10(17)12-15-11(19-16-12)5-9-6-14-18(2)8-9;/h6,8,10,13H,3-5,7H2,1-2H3;1H. The number of hydrogen-bond acceptors (Lipinski definition) is 6. The maximum atomic E-state index is 5.33. The van der Waals surface area contributed by atoms with Crippen molar-refractivity contribution in [1.29, 1.82) is 0 Å². The number of nitrogens with zero attached hydrogens (tertiary/aromatic N) is 5. The fourth-order valence-electron chi connectivity index (χ4n) is 2.31. The van der Waals surface area contributed by atoms with Gasteiger partial charge in [0.2, 0.25) is 5.89 Å². The van der Waals surface area contributed by atoms with Gasteiger partial charge in [0.25, 0.3) is 0 Å². The summed E-state index contributed by atoms with van der Waals surface area (Å²) in [6.45, 7) is 2.87. The minimum absolute atomic E-state index is 0. The van der Waals surface area contributed by atoms with Gasteiger partial charge in [0.05, 0.1) is 18.7 Å². The van der Waals surface area contributed by atoms with E-state index >= 15 is 0 Å². The van der Waals surface area contributed by atoms with E-state index in [1.165, 1.54) is 0 Å². The third kappa shape index (κ3) is 3.17. The van der Waals surface area contributed by atoms with Crippen LogP contribution in [0.25, 0.3) is 0 Å². The number of aromatic nitrogens is 4. The Balaban J connectivity index is 0.00000147. The lowest BCUT2D eigenvalue weighted by atomic mass is 10.2. The van der Waals surface area contributed by atoms with E-state index in [2.05, 4.69) is 32.5 Å². The Kier molecular flexibility index (Phi) is 4.74. The van der Waals surface area contributed by atoms with Crippen molar-refractivity contribution in [3.05, 3.63) is 29.7 Å². The molecule has 0 bridgehead atoms. The lowest BCUT2D eigenvalue weighted by Crippen LogP contribution is -2.44. The number of rotatable bonds is 3. The van der Waals surface area contributed by atoms with Crippen molar-refractivity contribution in [2.75, 3.05) is 26.7 Å². The molecule has 1 atom stereocenters. The molecular weight excluding hydrogens is 280 g/mol. The van der Waals surface area contributed by atoms with E-state index in [1.807, 2.05) is 19.4 Å². The van der Waals surface area contributed by atoms with Crippen LogP contribution in [-0.2, 0) is 13.5 Å². The number of halogens is 1. The molecule has 3 rings (SSSR count). The molecule has 110 valence electrons. The van der Waals surface area contributed by atoms with Gasteiger partial charge in [-0.3, -0.25) is 9.58 Å². The minimum atomic E-state index is 0. The molecule has 0 saturated carbocycles. The molecule has 8 heteroatoms. The second-order valence-electron chi connectivity index (χ2n) is 4.95. The van der Waals surface area contributed by atoms with Gasteiger partial charge in [0, 0.05) is 32.9 Å². The van der Waals surface area contributed by atoms with Gasteiger partial charge in [-0.2, -0.15) is 10.1 Å². The molecule has 20 heavy (non-hydrogen) atoms. The number of likely N-dealkylation sites (N-methyl/N-ethyl adjacent to an activating group) is 1. The van der Waals surface area contributed by atoms with Gasteiger partial charge >= 0.3 is 0 Å². The summed E-state index contributed by atoms with van der Waals surface area (Å²) in [4.78, 5) is 6.74. The Morgan fingerprint density at radius 3 is 3.00 bits per heavy atom. The first-order valence-corrected chi connectivity index (χ1v) is 6.43. The third-order valence-electron chi connectivity index (χ3n) is 3.41. The maximum Gasteiger partial charge on any atom is 0.231 e. The molecule has 1 N–H and O–H groups in total. The van der Waals surface area contributed by atoms with Gasteiger partial charge in [0.1, 0.15) is 0 Å². The van der Waals surface area contributed by atoms with Gasteiger partial charge in [-0.25, -0.2) is 0 Å². The van der Waals surface area contributed by atoms with Crippen LogP contribution in [0.2, 0.25) is 0 Å². The monoisotopic (exact) mass is 298 g/mol. The minimum Gasteiger partial charge on any atom is -0.339 e. The maximum absolute atomic E-state index is 5.33. The van der Waals surface area contributed by atoms with Gasteiger partial charge in [0.15, 0.2) is 5.82 Å². The first-order chi connectivity index (χ1) is 9.22. The predicted octanol–water partition coefficient (Wildman–Crippen LogP) is 0.392. The van der Waals surface area contributed by atoms with Crippen molar-refractivity contribution >= 4 is 12.4 Å². The van der Waals surface area contributed by atoms with E-state index in [0.717, 1.165) is 31.0 Å². The summed E-state index contributed by atoms with van der Waals surface area (Å²) in [6, 6.07) is 0.195. The first-order valence-electron chi connectivity index (χ1n) is 6.43. The Hall–Kier alpha value is -1.44. The van der Waals surface area contributed by atoms with Crippen molar-refractivity contribution < 1.29 is 4.52 Å². The fourth-order valence-corrected chi connectivity index (χ4v) is 2.31. The van der Waals surface area contributed by atoms with Crippen LogP contribution in [0.15, 0.2) is 16.9 Å². The Morgan fingerprint density at radius 2 is 2.30 bits per heavy atom. The molecule has 0 aromatic carbocycles. The van der Waals surface area contributed by atoms with E-state index in [-0.39, 0.29) is 18.4 Å². The highest BCUT2D eigenvalue weighted by molar-refractivity contribution is 5.85. The van der Waals surface area contributed by atoms with E-state index in [0.29, 0.717) is 12.3 Å². The zero-order valence-electron chi connectivity index (χ0n) is 11.6. The molecule has 3 heterocycles. The SMILES string of the molecule is CN1CCNCC1c1noc(Cc2cnn(C)c2)n1.Cl. The summed E-state index contributed by atoms with van der Waals surface area (Å²) in [6.07, 6.45) is 4.40. The van der Waals surface area contributed by atoms with Crippen molar-refractivity contribution in [3.63, 3.8) is 0 Å². The molecule has 1 aliphatic rings. The van der Waals surface area contributed by atoms with Gasteiger partial charge in [-0.1, -0.05) is 5.16 Å². The summed E-state index contributed by atoms with van der Waals surface area (Å²) in [7, 11) is 3.98. The predicted molar refractivity (Wildman–Crippen MR) is 75.8 cm³/mol. The molecule has 2 aromatic heterocycles. The van der Waals surface area contributed by atoms with Crippen LogP contribution in [0.1, 0.15) is 23.3 Å². The van der Waals surface area contributed by atoms with Crippen LogP contribution in [0.4, 0.5) is 0 Å². The fraction of sp³-hybridized carbons (Fsp3) is 0.583. The number of hydrogen-bond donors (Lipinski definition) is 1. The van der Waals surface area contributed by atoms with Crippen LogP contribution in [0.3, 0.4) is 0 Å². The number of aryl methyl sites for hydroxylation is 1. The summed E-state index contributed by atoms with van der Waals surface area (Å²) in [5, 5.41) is 11.6. The second-order valence-corrected chi connectivity index (χ2v) is 4.95. The average molecular weight is 299 g/mol. The molecule has 1 fully saturated rings. The Bertz CT molecular complexity index is 554. The Labute approximate surface area is 123 Å². The molecule has 1 saturated heterocycles. The average Bonchev–Trinajstić information content (AvgIpc) is 3.00. The quantitative estimate of drug-likeness (QED) is 0.884. The van der Waals surface area contributed by atoms with Crippen molar-refractivity contribution in [2.24, 2.45) is 7.05 Å². The Morgan fingerprint density at radius 1 is 1.45 bits per heavy atom. The lowest BCUT2D eigenvalue weighted by Gasteiger charge is -2.30.